The van der Waals surface area contributed by atoms with E-state index in [1.54, 1.807) is 12.3 Å². The maximum atomic E-state index is 12.2. The van der Waals surface area contributed by atoms with Gasteiger partial charge in [0.2, 0.25) is 5.91 Å². The summed E-state index contributed by atoms with van der Waals surface area (Å²) in [5.74, 6) is 0.162. The predicted octanol–water partition coefficient (Wildman–Crippen LogP) is 0.759. The molecular weight excluding hydrogens is 240 g/mol. The van der Waals surface area contributed by atoms with Gasteiger partial charge in [-0.3, -0.25) is 9.78 Å². The van der Waals surface area contributed by atoms with Crippen molar-refractivity contribution in [3.05, 3.63) is 24.0 Å². The van der Waals surface area contributed by atoms with Crippen LogP contribution < -0.4 is 5.73 Å². The highest BCUT2D eigenvalue weighted by Gasteiger charge is 2.23. The second-order valence-electron chi connectivity index (χ2n) is 5.34. The number of nitrogen functional groups attached to an aromatic ring is 1. The summed E-state index contributed by atoms with van der Waals surface area (Å²) in [5, 5.41) is 0. The molecule has 104 valence electrons. The summed E-state index contributed by atoms with van der Waals surface area (Å²) in [6, 6.07) is 4.20. The number of rotatable bonds is 3. The van der Waals surface area contributed by atoms with E-state index in [1.165, 1.54) is 0 Å². The minimum Gasteiger partial charge on any atom is -0.397 e. The van der Waals surface area contributed by atoms with Crippen LogP contribution in [-0.2, 0) is 11.2 Å². The number of anilines is 1. The van der Waals surface area contributed by atoms with E-state index >= 15 is 0 Å². The first-order chi connectivity index (χ1) is 9.06. The van der Waals surface area contributed by atoms with Gasteiger partial charge < -0.3 is 15.5 Å². The molecule has 1 aliphatic rings. The van der Waals surface area contributed by atoms with E-state index in [0.29, 0.717) is 18.2 Å². The zero-order chi connectivity index (χ0) is 13.8. The highest BCUT2D eigenvalue weighted by molar-refractivity contribution is 5.78. The van der Waals surface area contributed by atoms with Crippen molar-refractivity contribution in [1.29, 1.82) is 0 Å². The van der Waals surface area contributed by atoms with Crippen molar-refractivity contribution in [1.82, 2.24) is 14.8 Å². The van der Waals surface area contributed by atoms with Gasteiger partial charge in [-0.2, -0.15) is 0 Å². The molecule has 5 heteroatoms. The molecule has 0 spiro atoms. The second-order valence-corrected chi connectivity index (χ2v) is 5.34. The highest BCUT2D eigenvalue weighted by Crippen LogP contribution is 2.15. The predicted molar refractivity (Wildman–Crippen MR) is 75.6 cm³/mol. The standard InChI is InChI=1S/C14H22N4O/c1-17(2)13-5-7-18(8-6-13)14(19)9-12-4-3-11(15)10-16-12/h3-4,10,13H,5-9,15H2,1-2H3. The molecular formula is C14H22N4O. The molecule has 0 aliphatic carbocycles. The number of hydrogen-bond acceptors (Lipinski definition) is 4. The Bertz CT molecular complexity index is 422. The minimum absolute atomic E-state index is 0.162. The minimum atomic E-state index is 0.162. The van der Waals surface area contributed by atoms with Crippen molar-refractivity contribution in [3.8, 4) is 0 Å². The summed E-state index contributed by atoms with van der Waals surface area (Å²) in [4.78, 5) is 20.5. The molecule has 1 fully saturated rings. The molecule has 5 nitrogen and oxygen atoms in total. The number of pyridine rings is 1. The summed E-state index contributed by atoms with van der Waals surface area (Å²) in [5.41, 5.74) is 7.00. The van der Waals surface area contributed by atoms with Gasteiger partial charge >= 0.3 is 0 Å². The normalized spacial score (nSPS) is 16.9. The summed E-state index contributed by atoms with van der Waals surface area (Å²) in [6.07, 6.45) is 4.07. The molecule has 2 N–H and O–H groups in total. The van der Waals surface area contributed by atoms with Crippen LogP contribution in [0, 0.1) is 0 Å². The second kappa shape index (κ2) is 6.02. The van der Waals surface area contributed by atoms with Crippen LogP contribution in [0.1, 0.15) is 18.5 Å². The van der Waals surface area contributed by atoms with Crippen LogP contribution in [0.2, 0.25) is 0 Å². The monoisotopic (exact) mass is 262 g/mol. The molecule has 1 aromatic heterocycles. The molecule has 0 saturated carbocycles. The number of carbonyl (C=O) groups is 1. The first-order valence-corrected chi connectivity index (χ1v) is 6.71. The molecule has 1 aliphatic heterocycles. The van der Waals surface area contributed by atoms with Gasteiger partial charge in [0, 0.05) is 24.8 Å². The Labute approximate surface area is 114 Å². The molecule has 0 aromatic carbocycles. The zero-order valence-corrected chi connectivity index (χ0v) is 11.7. The maximum Gasteiger partial charge on any atom is 0.228 e. The van der Waals surface area contributed by atoms with E-state index in [2.05, 4.69) is 24.0 Å². The fraction of sp³-hybridized carbons (Fsp3) is 0.571. The molecule has 1 amide bonds. The number of piperidine rings is 1. The van der Waals surface area contributed by atoms with Gasteiger partial charge in [0.25, 0.3) is 0 Å². The van der Waals surface area contributed by atoms with Crippen LogP contribution >= 0.6 is 0 Å². The van der Waals surface area contributed by atoms with Crippen molar-refractivity contribution in [2.24, 2.45) is 0 Å². The van der Waals surface area contributed by atoms with E-state index in [1.807, 2.05) is 11.0 Å². The summed E-state index contributed by atoms with van der Waals surface area (Å²) < 4.78 is 0. The Morgan fingerprint density at radius 3 is 2.63 bits per heavy atom. The van der Waals surface area contributed by atoms with Gasteiger partial charge in [0.1, 0.15) is 0 Å². The van der Waals surface area contributed by atoms with E-state index in [4.69, 9.17) is 5.73 Å². The lowest BCUT2D eigenvalue weighted by molar-refractivity contribution is -0.132. The van der Waals surface area contributed by atoms with Gasteiger partial charge in [-0.1, -0.05) is 0 Å². The smallest absolute Gasteiger partial charge is 0.228 e. The Balaban J connectivity index is 1.86. The van der Waals surface area contributed by atoms with Crippen molar-refractivity contribution in [3.63, 3.8) is 0 Å². The number of likely N-dealkylation sites (tertiary alicyclic amines) is 1. The SMILES string of the molecule is CN(C)C1CCN(C(=O)Cc2ccc(N)cn2)CC1. The molecule has 2 heterocycles. The summed E-state index contributed by atoms with van der Waals surface area (Å²) in [6.45, 7) is 1.69. The lowest BCUT2D eigenvalue weighted by Crippen LogP contribution is -2.45. The number of carbonyl (C=O) groups excluding carboxylic acids is 1. The third-order valence-corrected chi connectivity index (χ3v) is 3.73. The first kappa shape index (κ1) is 13.8. The van der Waals surface area contributed by atoms with Crippen molar-refractivity contribution < 1.29 is 4.79 Å². The number of amides is 1. The van der Waals surface area contributed by atoms with E-state index < -0.39 is 0 Å². The highest BCUT2D eigenvalue weighted by atomic mass is 16.2. The number of aromatic nitrogens is 1. The van der Waals surface area contributed by atoms with Crippen LogP contribution in [0.4, 0.5) is 5.69 Å². The van der Waals surface area contributed by atoms with Gasteiger partial charge in [0.15, 0.2) is 0 Å². The first-order valence-electron chi connectivity index (χ1n) is 6.71. The van der Waals surface area contributed by atoms with E-state index in [-0.39, 0.29) is 5.91 Å². The molecule has 2 rings (SSSR count). The lowest BCUT2D eigenvalue weighted by Gasteiger charge is -2.35. The number of nitrogens with zero attached hydrogens (tertiary/aromatic N) is 3. The van der Waals surface area contributed by atoms with Crippen LogP contribution in [0.25, 0.3) is 0 Å². The van der Waals surface area contributed by atoms with Crippen LogP contribution in [0.5, 0.6) is 0 Å². The van der Waals surface area contributed by atoms with Crippen LogP contribution in [-0.4, -0.2) is 53.9 Å². The molecule has 1 aromatic rings. The van der Waals surface area contributed by atoms with Crippen LogP contribution in [0.15, 0.2) is 18.3 Å². The zero-order valence-electron chi connectivity index (χ0n) is 11.7. The van der Waals surface area contributed by atoms with Crippen LogP contribution in [0.3, 0.4) is 0 Å². The number of nitrogens with two attached hydrogens (primary N) is 1. The maximum absolute atomic E-state index is 12.2. The van der Waals surface area contributed by atoms with Gasteiger partial charge in [0.05, 0.1) is 18.3 Å². The summed E-state index contributed by atoms with van der Waals surface area (Å²) in [7, 11) is 4.20. The molecule has 0 atom stereocenters. The average molecular weight is 262 g/mol. The Morgan fingerprint density at radius 1 is 1.42 bits per heavy atom. The largest absolute Gasteiger partial charge is 0.397 e. The Morgan fingerprint density at radius 2 is 2.11 bits per heavy atom. The average Bonchev–Trinajstić information content (AvgIpc) is 2.41. The Hall–Kier alpha value is -1.62. The third-order valence-electron chi connectivity index (χ3n) is 3.73. The molecule has 19 heavy (non-hydrogen) atoms. The fourth-order valence-electron chi connectivity index (χ4n) is 2.44. The fourth-order valence-corrected chi connectivity index (χ4v) is 2.44. The summed E-state index contributed by atoms with van der Waals surface area (Å²) >= 11 is 0. The van der Waals surface area contributed by atoms with Crippen molar-refractivity contribution in [2.45, 2.75) is 25.3 Å². The Kier molecular flexibility index (Phi) is 4.37. The molecule has 0 radical (unpaired) electrons. The van der Waals surface area contributed by atoms with Gasteiger partial charge in [-0.25, -0.2) is 0 Å². The molecule has 1 saturated heterocycles. The molecule has 0 bridgehead atoms. The van der Waals surface area contributed by atoms with Crippen molar-refractivity contribution in [2.75, 3.05) is 32.9 Å². The third kappa shape index (κ3) is 3.67. The van der Waals surface area contributed by atoms with E-state index in [9.17, 15) is 4.79 Å². The van der Waals surface area contributed by atoms with Gasteiger partial charge in [-0.05, 0) is 39.1 Å². The topological polar surface area (TPSA) is 62.5 Å². The quantitative estimate of drug-likeness (QED) is 0.873. The molecule has 0 unspecified atom stereocenters. The number of hydrogen-bond donors (Lipinski definition) is 1. The lowest BCUT2D eigenvalue weighted by atomic mass is 10.0. The van der Waals surface area contributed by atoms with Gasteiger partial charge in [-0.15, -0.1) is 0 Å². The van der Waals surface area contributed by atoms with E-state index in [0.717, 1.165) is 31.6 Å². The van der Waals surface area contributed by atoms with Crippen molar-refractivity contribution >= 4 is 11.6 Å².